The lowest BCUT2D eigenvalue weighted by atomic mass is 10.1. The number of ether oxygens (including phenoxy) is 7. The van der Waals surface area contributed by atoms with Crippen LogP contribution in [0.1, 0.15) is 130 Å². The molecule has 57 heavy (non-hydrogen) atoms. The molecule has 0 aliphatic carbocycles. The molecule has 0 bridgehead atoms. The first-order valence-electron chi connectivity index (χ1n) is 20.2. The van der Waals surface area contributed by atoms with Crippen molar-refractivity contribution in [1.29, 1.82) is 0 Å². The van der Waals surface area contributed by atoms with Crippen LogP contribution < -0.4 is 0 Å². The van der Waals surface area contributed by atoms with Crippen LogP contribution in [0.15, 0.2) is 0 Å². The number of rotatable bonds is 39. The molecule has 0 amide bonds. The Bertz CT molecular complexity index is 1240. The lowest BCUT2D eigenvalue weighted by molar-refractivity contribution is -0.146. The Hall–Kier alpha value is -2.10. The summed E-state index contributed by atoms with van der Waals surface area (Å²) in [6.45, 7) is 10.2. The van der Waals surface area contributed by atoms with Crippen LogP contribution in [-0.4, -0.2) is 139 Å². The van der Waals surface area contributed by atoms with Gasteiger partial charge >= 0.3 is 11.9 Å². The summed E-state index contributed by atoms with van der Waals surface area (Å²) in [5.41, 5.74) is 0. The van der Waals surface area contributed by atoms with Gasteiger partial charge in [-0.25, -0.2) is 16.8 Å². The quantitative estimate of drug-likeness (QED) is 0.0471. The van der Waals surface area contributed by atoms with E-state index in [1.54, 1.807) is 0 Å². The molecule has 0 rings (SSSR count). The summed E-state index contributed by atoms with van der Waals surface area (Å²) in [5.74, 6) is -3.63. The van der Waals surface area contributed by atoms with Crippen LogP contribution in [0.3, 0.4) is 0 Å². The second-order valence-electron chi connectivity index (χ2n) is 13.3. The van der Waals surface area contributed by atoms with Crippen molar-refractivity contribution in [2.24, 2.45) is 0 Å². The third-order valence-electron chi connectivity index (χ3n) is 8.19. The van der Waals surface area contributed by atoms with Crippen molar-refractivity contribution in [1.82, 2.24) is 0 Å². The minimum atomic E-state index is -4.88. The molecule has 0 aliphatic heterocycles. The molecule has 0 heterocycles. The molecule has 0 N–H and O–H groups in total. The van der Waals surface area contributed by atoms with Crippen molar-refractivity contribution in [3.63, 3.8) is 0 Å². The van der Waals surface area contributed by atoms with Crippen LogP contribution in [0, 0.1) is 0 Å². The molecule has 17 nitrogen and oxygen atoms in total. The summed E-state index contributed by atoms with van der Waals surface area (Å²) >= 11 is 0. The van der Waals surface area contributed by atoms with E-state index in [0.717, 1.165) is 33.3 Å². The summed E-state index contributed by atoms with van der Waals surface area (Å²) in [6.07, 6.45) is 15.9. The predicted molar refractivity (Wildman–Crippen MR) is 210 cm³/mol. The number of ketones is 2. The molecule has 338 valence electrons. The molecule has 0 fully saturated rings. The Morgan fingerprint density at radius 1 is 0.404 bits per heavy atom. The topological polar surface area (TPSA) is 247 Å². The van der Waals surface area contributed by atoms with E-state index in [9.17, 15) is 45.1 Å². The molecule has 2 unspecified atom stereocenters. The Balaban J connectivity index is 0. The maximum absolute atomic E-state index is 11.5. The fourth-order valence-electron chi connectivity index (χ4n) is 4.93. The van der Waals surface area contributed by atoms with Crippen LogP contribution >= 0.6 is 0 Å². The monoisotopic (exact) mass is 862 g/mol. The summed E-state index contributed by atoms with van der Waals surface area (Å²) in [6, 6.07) is 0. The van der Waals surface area contributed by atoms with Gasteiger partial charge in [0.15, 0.2) is 0 Å². The van der Waals surface area contributed by atoms with Crippen molar-refractivity contribution in [2.45, 2.75) is 141 Å². The summed E-state index contributed by atoms with van der Waals surface area (Å²) in [7, 11) is -9.75. The van der Waals surface area contributed by atoms with Crippen LogP contribution in [-0.2, 0) is 72.6 Å². The van der Waals surface area contributed by atoms with Gasteiger partial charge in [0.2, 0.25) is 0 Å². The molecule has 0 aromatic rings. The summed E-state index contributed by atoms with van der Waals surface area (Å²) in [4.78, 5) is 45.2. The zero-order valence-electron chi connectivity index (χ0n) is 34.7. The molecule has 0 saturated carbocycles. The van der Waals surface area contributed by atoms with Crippen LogP contribution in [0.2, 0.25) is 0 Å². The molecule has 0 aromatic heterocycles. The summed E-state index contributed by atoms with van der Waals surface area (Å²) < 4.78 is 102. The Morgan fingerprint density at radius 2 is 0.649 bits per heavy atom. The smallest absolute Gasteiger partial charge is 0.307 e. The van der Waals surface area contributed by atoms with E-state index < -0.39 is 67.1 Å². The molecular formula is C38H70O17S2-2. The number of esters is 2. The van der Waals surface area contributed by atoms with Crippen molar-refractivity contribution in [2.75, 3.05) is 79.3 Å². The highest BCUT2D eigenvalue weighted by Crippen LogP contribution is 2.11. The number of hydrogen-bond donors (Lipinski definition) is 0. The average molecular weight is 863 g/mol. The molecular weight excluding hydrogens is 793 g/mol. The zero-order valence-corrected chi connectivity index (χ0v) is 36.3. The first kappa shape index (κ1) is 57.0. The maximum atomic E-state index is 11.5. The van der Waals surface area contributed by atoms with Crippen molar-refractivity contribution in [3.05, 3.63) is 0 Å². The molecule has 2 atom stereocenters. The van der Waals surface area contributed by atoms with Crippen LogP contribution in [0.5, 0.6) is 0 Å². The number of carbonyl (C=O) groups is 4. The molecule has 0 spiro atoms. The van der Waals surface area contributed by atoms with E-state index >= 15 is 0 Å². The normalized spacial score (nSPS) is 12.7. The highest BCUT2D eigenvalue weighted by Gasteiger charge is 2.26. The zero-order chi connectivity index (χ0) is 43.2. The standard InChI is InChI=1S/C21H40O8S.C17H32O9S/c1-3-4-5-6-7-8-9-10-11-12-13-27-14-15-28-16-17-29-21(23)18-20(19(2)22)30(24,25)26;1-3-4-5-6-7-23-8-9-24-10-11-25-12-13-26-17(19)14-16(15(2)18)27(20,21)22/h20H,3-18H2,1-2H3,(H,24,25,26);16H,3-14H2,1-2H3,(H,20,21,22)/p-2. The number of Topliss-reactive ketones (excluding diaryl/α,β-unsaturated/α-hetero) is 2. The molecule has 19 heteroatoms. The second kappa shape index (κ2) is 38.1. The minimum Gasteiger partial charge on any atom is -0.747 e. The van der Waals surface area contributed by atoms with E-state index in [4.69, 9.17) is 33.2 Å². The van der Waals surface area contributed by atoms with E-state index in [-0.39, 0.29) is 26.4 Å². The first-order chi connectivity index (χ1) is 27.1. The third-order valence-corrected chi connectivity index (χ3v) is 10.6. The lowest BCUT2D eigenvalue weighted by Gasteiger charge is -2.16. The summed E-state index contributed by atoms with van der Waals surface area (Å²) in [5, 5.41) is -3.81. The predicted octanol–water partition coefficient (Wildman–Crippen LogP) is 4.43. The van der Waals surface area contributed by atoms with Gasteiger partial charge < -0.3 is 42.3 Å². The number of carbonyl (C=O) groups excluding carboxylic acids is 4. The molecule has 0 saturated heterocycles. The lowest BCUT2D eigenvalue weighted by Crippen LogP contribution is -2.31. The van der Waals surface area contributed by atoms with Crippen LogP contribution in [0.4, 0.5) is 0 Å². The van der Waals surface area contributed by atoms with Crippen molar-refractivity contribution >= 4 is 43.7 Å². The van der Waals surface area contributed by atoms with Gasteiger partial charge in [0, 0.05) is 13.2 Å². The van der Waals surface area contributed by atoms with Gasteiger partial charge in [0.25, 0.3) is 0 Å². The number of hydrogen-bond acceptors (Lipinski definition) is 17. The highest BCUT2D eigenvalue weighted by atomic mass is 32.2. The minimum absolute atomic E-state index is 0.0825. The first-order valence-corrected chi connectivity index (χ1v) is 23.1. The Labute approximate surface area is 341 Å². The van der Waals surface area contributed by atoms with E-state index in [2.05, 4.69) is 13.8 Å². The van der Waals surface area contributed by atoms with Gasteiger partial charge in [-0.15, -0.1) is 0 Å². The Kier molecular flexibility index (Phi) is 38.1. The van der Waals surface area contributed by atoms with Gasteiger partial charge in [-0.3, -0.25) is 19.2 Å². The van der Waals surface area contributed by atoms with Crippen molar-refractivity contribution in [3.8, 4) is 0 Å². The second-order valence-corrected chi connectivity index (χ2v) is 16.4. The average Bonchev–Trinajstić information content (AvgIpc) is 3.13. The van der Waals surface area contributed by atoms with E-state index in [1.165, 1.54) is 77.0 Å². The van der Waals surface area contributed by atoms with Crippen LogP contribution in [0.25, 0.3) is 0 Å². The van der Waals surface area contributed by atoms with E-state index in [0.29, 0.717) is 46.2 Å². The van der Waals surface area contributed by atoms with Gasteiger partial charge in [0.05, 0.1) is 65.7 Å². The number of unbranched alkanes of at least 4 members (excludes halogenated alkanes) is 12. The SMILES string of the molecule is CCCCCCCCCCCCOCCOCCOC(=O)CC(C(C)=O)S(=O)(=O)[O-].CCCCCCOCCOCCOCCOC(=O)CC(C(C)=O)S(=O)(=O)[O-]. The fourth-order valence-corrected chi connectivity index (χ4v) is 6.43. The maximum Gasteiger partial charge on any atom is 0.307 e. The van der Waals surface area contributed by atoms with Gasteiger partial charge in [-0.1, -0.05) is 90.9 Å². The largest absolute Gasteiger partial charge is 0.747 e. The van der Waals surface area contributed by atoms with Gasteiger partial charge in [-0.05, 0) is 26.7 Å². The highest BCUT2D eigenvalue weighted by molar-refractivity contribution is 7.87. The Morgan fingerprint density at radius 3 is 0.930 bits per heavy atom. The molecule has 0 aromatic carbocycles. The van der Waals surface area contributed by atoms with E-state index in [1.807, 2.05) is 0 Å². The third kappa shape index (κ3) is 39.1. The van der Waals surface area contributed by atoms with Gasteiger partial charge in [-0.2, -0.15) is 0 Å². The fraction of sp³-hybridized carbons (Fsp3) is 0.895. The van der Waals surface area contributed by atoms with Crippen molar-refractivity contribution < 1.29 is 78.3 Å². The van der Waals surface area contributed by atoms with Gasteiger partial charge in [0.1, 0.15) is 55.5 Å². The molecule has 0 aliphatic rings. The molecule has 0 radical (unpaired) electrons.